The number of carbonyl (C=O) groups is 1. The molecule has 2 rings (SSSR count). The van der Waals surface area contributed by atoms with Crippen LogP contribution in [0.2, 0.25) is 0 Å². The minimum atomic E-state index is -0.406. The van der Waals surface area contributed by atoms with Crippen molar-refractivity contribution in [2.75, 3.05) is 0 Å². The van der Waals surface area contributed by atoms with Gasteiger partial charge in [-0.1, -0.05) is 26.8 Å². The van der Waals surface area contributed by atoms with Gasteiger partial charge in [-0.05, 0) is 42.9 Å². The number of hydrogen-bond acceptors (Lipinski definition) is 4. The van der Waals surface area contributed by atoms with E-state index in [1.807, 2.05) is 24.4 Å². The van der Waals surface area contributed by atoms with Gasteiger partial charge in [0.25, 0.3) is 0 Å². The second kappa shape index (κ2) is 7.19. The number of rotatable bonds is 6. The van der Waals surface area contributed by atoms with Gasteiger partial charge in [-0.3, -0.25) is 14.5 Å². The van der Waals surface area contributed by atoms with E-state index in [4.69, 9.17) is 12.2 Å². The molecule has 0 saturated heterocycles. The molecular weight excluding hydrogens is 316 g/mol. The highest BCUT2D eigenvalue weighted by Crippen LogP contribution is 2.25. The molecule has 0 aliphatic carbocycles. The van der Waals surface area contributed by atoms with Crippen LogP contribution in [0.25, 0.3) is 10.7 Å². The number of nitrogens with zero attached hydrogens (tertiary/aromatic N) is 2. The molecule has 0 saturated carbocycles. The third-order valence-corrected chi connectivity index (χ3v) is 4.94. The fourth-order valence-corrected chi connectivity index (χ4v) is 3.40. The smallest absolute Gasteiger partial charge is 0.243 e. The van der Waals surface area contributed by atoms with Gasteiger partial charge in [0.15, 0.2) is 10.6 Å². The van der Waals surface area contributed by atoms with E-state index in [0.717, 1.165) is 11.3 Å². The molecule has 0 aromatic carbocycles. The lowest BCUT2D eigenvalue weighted by Gasteiger charge is -2.23. The molecule has 2 atom stereocenters. The second-order valence-electron chi connectivity index (χ2n) is 5.64. The Bertz CT molecular complexity index is 672. The Hall–Kier alpha value is -1.47. The predicted octanol–water partition coefficient (Wildman–Crippen LogP) is 3.78. The van der Waals surface area contributed by atoms with Crippen LogP contribution in [0.4, 0.5) is 0 Å². The summed E-state index contributed by atoms with van der Waals surface area (Å²) < 4.78 is 2.24. The summed E-state index contributed by atoms with van der Waals surface area (Å²) >= 11 is 6.88. The highest BCUT2D eigenvalue weighted by atomic mass is 32.1. The number of hydrogen-bond donors (Lipinski definition) is 2. The molecule has 1 amide bonds. The molecular formula is C15H22N4OS2. The molecule has 0 spiro atoms. The third kappa shape index (κ3) is 3.47. The maximum atomic E-state index is 12.6. The van der Waals surface area contributed by atoms with Crippen molar-refractivity contribution in [3.63, 3.8) is 0 Å². The molecule has 5 nitrogen and oxygen atoms in total. The molecule has 2 N–H and O–H groups in total. The predicted molar refractivity (Wildman–Crippen MR) is 92.5 cm³/mol. The van der Waals surface area contributed by atoms with Gasteiger partial charge in [-0.15, -0.1) is 11.3 Å². The summed E-state index contributed by atoms with van der Waals surface area (Å²) in [5.74, 6) is 1.08. The first-order valence-corrected chi connectivity index (χ1v) is 8.75. The van der Waals surface area contributed by atoms with Crippen LogP contribution in [0, 0.1) is 10.7 Å². The topological polar surface area (TPSA) is 62.7 Å². The van der Waals surface area contributed by atoms with E-state index in [1.165, 1.54) is 0 Å². The lowest BCUT2D eigenvalue weighted by Crippen LogP contribution is -2.41. The van der Waals surface area contributed by atoms with Gasteiger partial charge in [0.1, 0.15) is 6.04 Å². The van der Waals surface area contributed by atoms with Crippen LogP contribution in [0.1, 0.15) is 40.2 Å². The molecule has 2 aromatic rings. The molecule has 0 aliphatic heterocycles. The summed E-state index contributed by atoms with van der Waals surface area (Å²) in [6, 6.07) is 3.69. The maximum absolute atomic E-state index is 12.6. The third-order valence-electron chi connectivity index (χ3n) is 3.78. The van der Waals surface area contributed by atoms with Crippen LogP contribution in [0.5, 0.6) is 0 Å². The Labute approximate surface area is 139 Å². The number of thiophene rings is 1. The van der Waals surface area contributed by atoms with Gasteiger partial charge in [-0.25, -0.2) is 0 Å². The molecule has 120 valence electrons. The van der Waals surface area contributed by atoms with Crippen LogP contribution in [-0.4, -0.2) is 26.7 Å². The lowest BCUT2D eigenvalue weighted by molar-refractivity contribution is -0.124. The van der Waals surface area contributed by atoms with Gasteiger partial charge < -0.3 is 5.32 Å². The largest absolute Gasteiger partial charge is 0.351 e. The van der Waals surface area contributed by atoms with Crippen molar-refractivity contribution in [3.8, 4) is 10.7 Å². The van der Waals surface area contributed by atoms with E-state index in [1.54, 1.807) is 15.9 Å². The summed E-state index contributed by atoms with van der Waals surface area (Å²) in [5, 5.41) is 12.2. The van der Waals surface area contributed by atoms with Crippen molar-refractivity contribution < 1.29 is 4.79 Å². The highest BCUT2D eigenvalue weighted by Gasteiger charge is 2.23. The van der Waals surface area contributed by atoms with Gasteiger partial charge in [0.2, 0.25) is 5.91 Å². The fraction of sp³-hybridized carbons (Fsp3) is 0.533. The summed E-state index contributed by atoms with van der Waals surface area (Å²) in [6.07, 6.45) is 0.907. The fourth-order valence-electron chi connectivity index (χ4n) is 2.40. The minimum absolute atomic E-state index is 0.0316. The quantitative estimate of drug-likeness (QED) is 0.788. The molecule has 2 unspecified atom stereocenters. The number of aromatic nitrogens is 3. The summed E-state index contributed by atoms with van der Waals surface area (Å²) in [4.78, 5) is 13.6. The normalized spacial score (nSPS) is 14.0. The zero-order valence-corrected chi connectivity index (χ0v) is 14.9. The lowest BCUT2D eigenvalue weighted by atomic mass is 10.0. The molecule has 0 radical (unpaired) electrons. The Balaban J connectivity index is 2.26. The minimum Gasteiger partial charge on any atom is -0.351 e. The van der Waals surface area contributed by atoms with Crippen molar-refractivity contribution in [1.29, 1.82) is 0 Å². The molecule has 0 fully saturated rings. The van der Waals surface area contributed by atoms with E-state index < -0.39 is 6.04 Å². The Morgan fingerprint density at radius 2 is 2.23 bits per heavy atom. The first-order chi connectivity index (χ1) is 10.5. The van der Waals surface area contributed by atoms with Crippen molar-refractivity contribution in [3.05, 3.63) is 22.3 Å². The Morgan fingerprint density at radius 3 is 2.77 bits per heavy atom. The average molecular weight is 339 g/mol. The number of nitrogens with one attached hydrogen (secondary N) is 2. The van der Waals surface area contributed by atoms with Gasteiger partial charge in [0, 0.05) is 6.04 Å². The highest BCUT2D eigenvalue weighted by molar-refractivity contribution is 7.71. The Morgan fingerprint density at radius 1 is 1.50 bits per heavy atom. The number of amides is 1. The molecule has 7 heteroatoms. The molecule has 2 aromatic heterocycles. The van der Waals surface area contributed by atoms with Crippen molar-refractivity contribution in [2.45, 2.75) is 46.2 Å². The Kier molecular flexibility index (Phi) is 5.52. The number of aromatic amines is 1. The van der Waals surface area contributed by atoms with Crippen molar-refractivity contribution in [1.82, 2.24) is 20.1 Å². The number of H-pyrrole nitrogens is 1. The first kappa shape index (κ1) is 16.9. The average Bonchev–Trinajstić information content (AvgIpc) is 3.12. The van der Waals surface area contributed by atoms with E-state index in [0.29, 0.717) is 16.5 Å². The molecule has 2 heterocycles. The van der Waals surface area contributed by atoms with E-state index in [9.17, 15) is 4.79 Å². The van der Waals surface area contributed by atoms with Crippen LogP contribution >= 0.6 is 23.6 Å². The van der Waals surface area contributed by atoms with E-state index in [2.05, 4.69) is 36.3 Å². The van der Waals surface area contributed by atoms with Crippen LogP contribution in [-0.2, 0) is 4.79 Å². The second-order valence-corrected chi connectivity index (χ2v) is 6.98. The standard InChI is InChI=1S/C15H22N4OS2/c1-5-11(9(2)3)16-14(20)10(4)19-13(17-18-15(19)21)12-7-6-8-22-12/h6-11H,5H2,1-4H3,(H,16,20)(H,18,21). The molecule has 0 aliphatic rings. The van der Waals surface area contributed by atoms with Crippen molar-refractivity contribution >= 4 is 29.5 Å². The van der Waals surface area contributed by atoms with Crippen LogP contribution < -0.4 is 5.32 Å². The zero-order valence-electron chi connectivity index (χ0n) is 13.3. The summed E-state index contributed by atoms with van der Waals surface area (Å²) in [6.45, 7) is 8.15. The summed E-state index contributed by atoms with van der Waals surface area (Å²) in [5.41, 5.74) is 0. The maximum Gasteiger partial charge on any atom is 0.243 e. The van der Waals surface area contributed by atoms with E-state index in [-0.39, 0.29) is 11.9 Å². The molecule has 0 bridgehead atoms. The molecule has 22 heavy (non-hydrogen) atoms. The summed E-state index contributed by atoms with van der Waals surface area (Å²) in [7, 11) is 0. The van der Waals surface area contributed by atoms with Crippen LogP contribution in [0.15, 0.2) is 17.5 Å². The van der Waals surface area contributed by atoms with Gasteiger partial charge in [-0.2, -0.15) is 5.10 Å². The first-order valence-electron chi connectivity index (χ1n) is 7.46. The zero-order chi connectivity index (χ0) is 16.3. The number of carbonyl (C=O) groups excluding carboxylic acids is 1. The van der Waals surface area contributed by atoms with Crippen molar-refractivity contribution in [2.24, 2.45) is 5.92 Å². The monoisotopic (exact) mass is 338 g/mol. The van der Waals surface area contributed by atoms with Gasteiger partial charge in [0.05, 0.1) is 4.88 Å². The van der Waals surface area contributed by atoms with E-state index >= 15 is 0 Å². The SMILES string of the molecule is CCC(NC(=O)C(C)n1c(-c2cccs2)n[nH]c1=S)C(C)C. The van der Waals surface area contributed by atoms with Gasteiger partial charge >= 0.3 is 0 Å². The van der Waals surface area contributed by atoms with Crippen LogP contribution in [0.3, 0.4) is 0 Å².